The normalized spacial score (nSPS) is 20.7. The molecule has 0 bridgehead atoms. The molecule has 1 heterocycles. The third-order valence-electron chi connectivity index (χ3n) is 10.1. The Morgan fingerprint density at radius 3 is 1.98 bits per heavy atom. The van der Waals surface area contributed by atoms with Gasteiger partial charge in [-0.1, -0.05) is 0 Å². The van der Waals surface area contributed by atoms with Gasteiger partial charge in [-0.15, -0.1) is 0 Å². The SMILES string of the molecule is COCCOCCOCCOCCOCCOCCOC(=O)OCN=CC(=C(N)C(F)(F)F)C1(O)CC2CC(c3nn(C)c(N)c3C(=O)Nc3ccc(F)c(C)c3)CC2C1. The second kappa shape index (κ2) is 23.6. The number of hydrogen-bond acceptors (Lipinski definition) is 15. The maximum absolute atomic E-state index is 13.9. The second-order valence-corrected chi connectivity index (χ2v) is 14.4. The summed E-state index contributed by atoms with van der Waals surface area (Å²) in [7, 11) is 3.19. The first-order valence-electron chi connectivity index (χ1n) is 19.5. The van der Waals surface area contributed by atoms with E-state index >= 15 is 0 Å². The number of ether oxygens (including phenoxy) is 8. The number of alkyl halides is 3. The van der Waals surface area contributed by atoms with Crippen molar-refractivity contribution in [2.24, 2.45) is 29.6 Å². The number of aromatic nitrogens is 2. The molecule has 2 saturated carbocycles. The first kappa shape index (κ1) is 48.3. The topological polar surface area (TPSA) is 222 Å². The number of carbonyl (C=O) groups excluding carboxylic acids is 2. The predicted octanol–water partition coefficient (Wildman–Crippen LogP) is 4.02. The number of fused-ring (bicyclic) bond motifs is 1. The monoisotopic (exact) mass is 860 g/mol. The molecule has 1 aromatic heterocycles. The Bertz CT molecular complexity index is 1750. The number of aryl methyl sites for hydroxylation is 2. The van der Waals surface area contributed by atoms with E-state index in [9.17, 15) is 32.3 Å². The van der Waals surface area contributed by atoms with Crippen LogP contribution in [0.4, 0.5) is 33.9 Å². The van der Waals surface area contributed by atoms with Gasteiger partial charge in [0.05, 0.1) is 84.0 Å². The Morgan fingerprint density at radius 1 is 0.933 bits per heavy atom. The van der Waals surface area contributed by atoms with Crippen LogP contribution in [0, 0.1) is 24.6 Å². The Kier molecular flexibility index (Phi) is 19.0. The van der Waals surface area contributed by atoms with Crippen LogP contribution in [0.3, 0.4) is 0 Å². The number of benzene rings is 1. The van der Waals surface area contributed by atoms with E-state index < -0.39 is 47.7 Å². The van der Waals surface area contributed by atoms with Crippen molar-refractivity contribution in [3.63, 3.8) is 0 Å². The molecule has 0 aliphatic heterocycles. The molecule has 4 rings (SSSR count). The molecule has 1 aromatic carbocycles. The molecule has 2 unspecified atom stereocenters. The van der Waals surface area contributed by atoms with Crippen LogP contribution in [-0.4, -0.2) is 138 Å². The molecule has 1 amide bonds. The number of anilines is 2. The number of methoxy groups -OCH3 is 1. The number of halogens is 4. The van der Waals surface area contributed by atoms with Crippen LogP contribution < -0.4 is 16.8 Å². The van der Waals surface area contributed by atoms with Crippen molar-refractivity contribution in [2.45, 2.75) is 50.3 Å². The molecule has 17 nitrogen and oxygen atoms in total. The lowest BCUT2D eigenvalue weighted by molar-refractivity contribution is -0.0953. The van der Waals surface area contributed by atoms with Gasteiger partial charge in [-0.05, 0) is 68.2 Å². The maximum atomic E-state index is 13.9. The summed E-state index contributed by atoms with van der Waals surface area (Å²) >= 11 is 0. The van der Waals surface area contributed by atoms with Crippen molar-refractivity contribution >= 4 is 29.8 Å². The largest absolute Gasteiger partial charge is 0.510 e. The minimum absolute atomic E-state index is 0.0356. The molecule has 0 radical (unpaired) electrons. The number of rotatable bonds is 25. The number of nitrogen functional groups attached to an aromatic ring is 1. The van der Waals surface area contributed by atoms with Crippen LogP contribution in [0.2, 0.25) is 0 Å². The number of aliphatic hydroxyl groups is 1. The van der Waals surface area contributed by atoms with Crippen molar-refractivity contribution in [3.8, 4) is 0 Å². The average molecular weight is 861 g/mol. The van der Waals surface area contributed by atoms with Crippen molar-refractivity contribution in [2.75, 3.05) is 104 Å². The lowest BCUT2D eigenvalue weighted by atomic mass is 9.85. The first-order valence-corrected chi connectivity index (χ1v) is 19.5. The van der Waals surface area contributed by atoms with Crippen molar-refractivity contribution in [3.05, 3.63) is 52.1 Å². The minimum Gasteiger partial charge on any atom is -0.432 e. The van der Waals surface area contributed by atoms with Gasteiger partial charge in [0, 0.05) is 37.6 Å². The Labute approximate surface area is 345 Å². The van der Waals surface area contributed by atoms with Crippen LogP contribution in [-0.2, 0) is 44.9 Å². The minimum atomic E-state index is -4.98. The number of nitrogens with two attached hydrogens (primary N) is 2. The summed E-state index contributed by atoms with van der Waals surface area (Å²) in [5.41, 5.74) is 8.93. The van der Waals surface area contributed by atoms with Gasteiger partial charge in [-0.3, -0.25) is 14.5 Å². The number of aliphatic imine (C=N–C) groups is 1. The molecule has 2 fully saturated rings. The zero-order valence-electron chi connectivity index (χ0n) is 34.1. The van der Waals surface area contributed by atoms with E-state index in [-0.39, 0.29) is 68.4 Å². The maximum Gasteiger partial charge on any atom is 0.510 e. The highest BCUT2D eigenvalue weighted by molar-refractivity contribution is 6.08. The van der Waals surface area contributed by atoms with Crippen LogP contribution >= 0.6 is 0 Å². The van der Waals surface area contributed by atoms with Gasteiger partial charge in [-0.2, -0.15) is 18.3 Å². The fourth-order valence-corrected chi connectivity index (χ4v) is 7.26. The zero-order chi connectivity index (χ0) is 43.7. The molecule has 2 aromatic rings. The number of amides is 1. The number of hydrogen-bond donors (Lipinski definition) is 4. The Hall–Kier alpha value is -4.38. The van der Waals surface area contributed by atoms with E-state index in [2.05, 4.69) is 15.4 Å². The van der Waals surface area contributed by atoms with Crippen LogP contribution in [0.25, 0.3) is 0 Å². The highest BCUT2D eigenvalue weighted by Gasteiger charge is 2.53. The number of carbonyl (C=O) groups is 2. The van der Waals surface area contributed by atoms with Crippen molar-refractivity contribution in [1.82, 2.24) is 9.78 Å². The Balaban J connectivity index is 1.17. The molecule has 2 atom stereocenters. The zero-order valence-corrected chi connectivity index (χ0v) is 34.1. The number of allylic oxidation sites excluding steroid dienone is 1. The number of nitrogens with one attached hydrogen (secondary N) is 1. The third kappa shape index (κ3) is 14.4. The molecule has 60 heavy (non-hydrogen) atoms. The standard InChI is InChI=1S/C39H56F4N6O11/c1-25-18-29(4-5-31(25)40)47-36(50)32-33(48-49(2)35(32)45)26-19-27-21-38(52,22-28(27)20-26)30(34(44)39(41,42)43)23-46-24-60-37(51)59-17-16-58-15-14-57-13-12-56-11-10-55-9-8-54-7-6-53-3/h4-5,18,23,26-28,52H,6-17,19-22,24,44-45H2,1-3H3,(H,47,50). The molecular weight excluding hydrogens is 804 g/mol. The molecule has 2 aliphatic carbocycles. The molecule has 336 valence electrons. The summed E-state index contributed by atoms with van der Waals surface area (Å²) in [6.45, 7) is 4.82. The lowest BCUT2D eigenvalue weighted by Crippen LogP contribution is -2.36. The van der Waals surface area contributed by atoms with Gasteiger partial charge >= 0.3 is 12.3 Å². The smallest absolute Gasteiger partial charge is 0.432 e. The highest BCUT2D eigenvalue weighted by Crippen LogP contribution is 2.56. The van der Waals surface area contributed by atoms with Crippen LogP contribution in [0.15, 0.2) is 34.5 Å². The molecule has 6 N–H and O–H groups in total. The summed E-state index contributed by atoms with van der Waals surface area (Å²) in [6.07, 6.45) is -4.68. The van der Waals surface area contributed by atoms with Gasteiger partial charge in [-0.25, -0.2) is 9.18 Å². The third-order valence-corrected chi connectivity index (χ3v) is 10.1. The van der Waals surface area contributed by atoms with E-state index in [1.54, 1.807) is 21.1 Å². The first-order chi connectivity index (χ1) is 28.6. The summed E-state index contributed by atoms with van der Waals surface area (Å²) in [5.74, 6) is -1.64. The summed E-state index contributed by atoms with van der Waals surface area (Å²) < 4.78 is 98.3. The number of nitrogens with zero attached hydrogens (tertiary/aromatic N) is 3. The van der Waals surface area contributed by atoms with E-state index in [1.807, 2.05) is 0 Å². The summed E-state index contributed by atoms with van der Waals surface area (Å²) in [4.78, 5) is 29.2. The van der Waals surface area contributed by atoms with Crippen LogP contribution in [0.5, 0.6) is 0 Å². The molecule has 0 spiro atoms. The van der Waals surface area contributed by atoms with Crippen molar-refractivity contribution in [1.29, 1.82) is 0 Å². The molecule has 2 aliphatic rings. The fourth-order valence-electron chi connectivity index (χ4n) is 7.26. The molecule has 0 saturated heterocycles. The highest BCUT2D eigenvalue weighted by atomic mass is 19.4. The van der Waals surface area contributed by atoms with Gasteiger partial charge < -0.3 is 59.8 Å². The summed E-state index contributed by atoms with van der Waals surface area (Å²) in [5, 5.41) is 18.9. The quantitative estimate of drug-likeness (QED) is 0.0480. The van der Waals surface area contributed by atoms with Crippen LogP contribution in [0.1, 0.15) is 53.2 Å². The Morgan fingerprint density at radius 2 is 1.47 bits per heavy atom. The summed E-state index contributed by atoms with van der Waals surface area (Å²) in [6, 6.07) is 4.15. The van der Waals surface area contributed by atoms with Gasteiger partial charge in [0.15, 0.2) is 6.73 Å². The predicted molar refractivity (Wildman–Crippen MR) is 209 cm³/mol. The van der Waals surface area contributed by atoms with E-state index in [0.717, 1.165) is 6.21 Å². The van der Waals surface area contributed by atoms with Gasteiger partial charge in [0.1, 0.15) is 29.5 Å². The molecular formula is C39H56F4N6O11. The van der Waals surface area contributed by atoms with E-state index in [1.165, 1.54) is 22.9 Å². The van der Waals surface area contributed by atoms with E-state index in [0.29, 0.717) is 82.6 Å². The second-order valence-electron chi connectivity index (χ2n) is 14.4. The fraction of sp³-hybridized carbons (Fsp3) is 0.641. The lowest BCUT2D eigenvalue weighted by Gasteiger charge is -2.28. The van der Waals surface area contributed by atoms with Crippen molar-refractivity contribution < 1.29 is 70.2 Å². The average Bonchev–Trinajstić information content (AvgIpc) is 3.83. The molecule has 21 heteroatoms. The van der Waals surface area contributed by atoms with Gasteiger partial charge in [0.25, 0.3) is 5.91 Å². The van der Waals surface area contributed by atoms with Gasteiger partial charge in [0.2, 0.25) is 0 Å². The van der Waals surface area contributed by atoms with E-state index in [4.69, 9.17) is 49.4 Å².